The van der Waals surface area contributed by atoms with E-state index < -0.39 is 0 Å². The van der Waals surface area contributed by atoms with Gasteiger partial charge in [-0.3, -0.25) is 4.79 Å². The predicted octanol–water partition coefficient (Wildman–Crippen LogP) is 4.06. The van der Waals surface area contributed by atoms with E-state index in [2.05, 4.69) is 20.4 Å². The lowest BCUT2D eigenvalue weighted by Gasteiger charge is -2.27. The van der Waals surface area contributed by atoms with Gasteiger partial charge >= 0.3 is 5.97 Å². The van der Waals surface area contributed by atoms with Crippen LogP contribution in [0.15, 0.2) is 36.4 Å². The molecule has 0 bridgehead atoms. The van der Waals surface area contributed by atoms with Gasteiger partial charge in [0.15, 0.2) is 0 Å². The second-order valence-electron chi connectivity index (χ2n) is 4.90. The molecule has 102 valence electrons. The van der Waals surface area contributed by atoms with E-state index in [4.69, 9.17) is 12.6 Å². The average Bonchev–Trinajstić information content (AvgIpc) is 2.29. The first kappa shape index (κ1) is 17.5. The van der Waals surface area contributed by atoms with Crippen molar-refractivity contribution in [2.75, 3.05) is 0 Å². The molecule has 0 spiro atoms. The molecule has 3 heteroatoms. The number of hydrogen-bond acceptors (Lipinski definition) is 2. The van der Waals surface area contributed by atoms with E-state index in [1.54, 1.807) is 6.07 Å². The number of para-hydroxylation sites is 1. The number of allylic oxidation sites excluding steroid dienone is 1. The minimum absolute atomic E-state index is 0.202. The molecule has 0 heterocycles. The second kappa shape index (κ2) is 7.83. The zero-order valence-corrected chi connectivity index (χ0v) is 12.6. The SMILES string of the molecule is C=C(C)C(C)(C)c1ccccc1OC(C)=O.[B]CC. The molecule has 19 heavy (non-hydrogen) atoms. The Balaban J connectivity index is 0.000000982. The molecule has 0 amide bonds. The highest BCUT2D eigenvalue weighted by Crippen LogP contribution is 2.36. The number of hydrogen-bond donors (Lipinski definition) is 0. The van der Waals surface area contributed by atoms with E-state index in [9.17, 15) is 4.79 Å². The normalized spacial score (nSPS) is 10.2. The van der Waals surface area contributed by atoms with Gasteiger partial charge in [0.05, 0.1) is 7.85 Å². The molecule has 0 saturated carbocycles. The Morgan fingerprint density at radius 3 is 2.21 bits per heavy atom. The van der Waals surface area contributed by atoms with Crippen molar-refractivity contribution >= 4 is 13.8 Å². The van der Waals surface area contributed by atoms with Crippen molar-refractivity contribution in [3.63, 3.8) is 0 Å². The van der Waals surface area contributed by atoms with Gasteiger partial charge in [0.1, 0.15) is 5.75 Å². The molecule has 1 aromatic rings. The molecule has 2 radical (unpaired) electrons. The van der Waals surface area contributed by atoms with Crippen molar-refractivity contribution in [2.24, 2.45) is 0 Å². The highest BCUT2D eigenvalue weighted by Gasteiger charge is 2.25. The summed E-state index contributed by atoms with van der Waals surface area (Å²) in [6.07, 6.45) is 0.750. The molecular formula is C16H23BO2. The van der Waals surface area contributed by atoms with Gasteiger partial charge in [-0.2, -0.15) is 0 Å². The summed E-state index contributed by atoms with van der Waals surface area (Å²) in [5.74, 6) is 0.313. The van der Waals surface area contributed by atoms with Crippen LogP contribution in [-0.4, -0.2) is 13.8 Å². The van der Waals surface area contributed by atoms with Crippen LogP contribution in [0, 0.1) is 0 Å². The fourth-order valence-electron chi connectivity index (χ4n) is 1.46. The lowest BCUT2D eigenvalue weighted by molar-refractivity contribution is -0.131. The molecular weight excluding hydrogens is 235 g/mol. The van der Waals surface area contributed by atoms with Crippen molar-refractivity contribution in [1.29, 1.82) is 0 Å². The number of ether oxygens (including phenoxy) is 1. The van der Waals surface area contributed by atoms with Gasteiger partial charge in [0, 0.05) is 17.9 Å². The molecule has 0 aliphatic rings. The van der Waals surface area contributed by atoms with Crippen LogP contribution in [0.3, 0.4) is 0 Å². The number of carbonyl (C=O) groups excluding carboxylic acids is 1. The molecule has 1 aromatic carbocycles. The van der Waals surface area contributed by atoms with E-state index >= 15 is 0 Å². The third-order valence-electron chi connectivity index (χ3n) is 2.88. The van der Waals surface area contributed by atoms with Gasteiger partial charge < -0.3 is 4.74 Å². The largest absolute Gasteiger partial charge is 0.426 e. The molecule has 0 unspecified atom stereocenters. The van der Waals surface area contributed by atoms with Crippen molar-refractivity contribution in [3.05, 3.63) is 42.0 Å². The van der Waals surface area contributed by atoms with Crippen LogP contribution in [0.1, 0.15) is 40.2 Å². The first-order valence-corrected chi connectivity index (χ1v) is 6.41. The number of rotatable bonds is 3. The van der Waals surface area contributed by atoms with Gasteiger partial charge in [-0.25, -0.2) is 0 Å². The third-order valence-corrected chi connectivity index (χ3v) is 2.88. The molecule has 0 atom stereocenters. The Bertz CT molecular complexity index is 436. The summed E-state index contributed by atoms with van der Waals surface area (Å²) in [6, 6.07) is 7.57. The van der Waals surface area contributed by atoms with Crippen molar-refractivity contribution < 1.29 is 9.53 Å². The number of benzene rings is 1. The van der Waals surface area contributed by atoms with E-state index in [1.807, 2.05) is 32.0 Å². The van der Waals surface area contributed by atoms with Crippen LogP contribution in [-0.2, 0) is 10.2 Å². The standard InChI is InChI=1S/C14H18O2.C2H5B/c1-10(2)14(4,5)12-8-6-7-9-13(12)16-11(3)15;1-2-3/h6-9H,1H2,2-5H3;2H2,1H3. The Morgan fingerprint density at radius 2 is 1.79 bits per heavy atom. The molecule has 1 rings (SSSR count). The maximum atomic E-state index is 11.0. The van der Waals surface area contributed by atoms with E-state index in [-0.39, 0.29) is 11.4 Å². The van der Waals surface area contributed by atoms with E-state index in [1.165, 1.54) is 6.92 Å². The summed E-state index contributed by atoms with van der Waals surface area (Å²) in [6.45, 7) is 13.4. The molecule has 0 aromatic heterocycles. The summed E-state index contributed by atoms with van der Waals surface area (Å²) in [5.41, 5.74) is 1.82. The quantitative estimate of drug-likeness (QED) is 0.353. The summed E-state index contributed by atoms with van der Waals surface area (Å²) in [7, 11) is 4.85. The fourth-order valence-corrected chi connectivity index (χ4v) is 1.46. The lowest BCUT2D eigenvalue weighted by atomic mass is 9.78. The Kier molecular flexibility index (Phi) is 7.21. The predicted molar refractivity (Wildman–Crippen MR) is 81.8 cm³/mol. The molecule has 0 fully saturated rings. The van der Waals surface area contributed by atoms with Gasteiger partial charge in [-0.05, 0) is 13.0 Å². The Labute approximate surface area is 118 Å². The fraction of sp³-hybridized carbons (Fsp3) is 0.438. The first-order chi connectivity index (χ1) is 8.77. The summed E-state index contributed by atoms with van der Waals surface area (Å²) < 4.78 is 5.20. The minimum atomic E-state index is -0.301. The van der Waals surface area contributed by atoms with Gasteiger partial charge in [-0.1, -0.05) is 57.4 Å². The van der Waals surface area contributed by atoms with Crippen LogP contribution >= 0.6 is 0 Å². The summed E-state index contributed by atoms with van der Waals surface area (Å²) in [5, 5.41) is 0. The van der Waals surface area contributed by atoms with Crippen molar-refractivity contribution in [1.82, 2.24) is 0 Å². The van der Waals surface area contributed by atoms with Crippen LogP contribution in [0.5, 0.6) is 5.75 Å². The minimum Gasteiger partial charge on any atom is -0.426 e. The maximum Gasteiger partial charge on any atom is 0.308 e. The second-order valence-corrected chi connectivity index (χ2v) is 4.90. The van der Waals surface area contributed by atoms with E-state index in [0.717, 1.165) is 17.5 Å². The third kappa shape index (κ3) is 5.33. The van der Waals surface area contributed by atoms with Crippen LogP contribution < -0.4 is 4.74 Å². The van der Waals surface area contributed by atoms with Crippen LogP contribution in [0.4, 0.5) is 0 Å². The smallest absolute Gasteiger partial charge is 0.308 e. The van der Waals surface area contributed by atoms with E-state index in [0.29, 0.717) is 5.75 Å². The number of esters is 1. The molecule has 0 aliphatic carbocycles. The molecule has 2 nitrogen and oxygen atoms in total. The molecule has 0 aliphatic heterocycles. The van der Waals surface area contributed by atoms with Crippen LogP contribution in [0.2, 0.25) is 6.32 Å². The van der Waals surface area contributed by atoms with Crippen molar-refractivity contribution in [3.8, 4) is 5.75 Å². The summed E-state index contributed by atoms with van der Waals surface area (Å²) >= 11 is 0. The Hall–Kier alpha value is -1.51. The highest BCUT2D eigenvalue weighted by atomic mass is 16.5. The van der Waals surface area contributed by atoms with Gasteiger partial charge in [0.2, 0.25) is 0 Å². The molecule has 0 saturated heterocycles. The number of carbonyl (C=O) groups is 1. The monoisotopic (exact) mass is 258 g/mol. The maximum absolute atomic E-state index is 11.0. The van der Waals surface area contributed by atoms with Crippen molar-refractivity contribution in [2.45, 2.75) is 46.4 Å². The zero-order valence-electron chi connectivity index (χ0n) is 12.6. The molecule has 0 N–H and O–H groups in total. The lowest BCUT2D eigenvalue weighted by Crippen LogP contribution is -2.20. The van der Waals surface area contributed by atoms with Gasteiger partial charge in [0.25, 0.3) is 0 Å². The first-order valence-electron chi connectivity index (χ1n) is 6.41. The topological polar surface area (TPSA) is 26.3 Å². The highest BCUT2D eigenvalue weighted by molar-refractivity contribution is 6.08. The Morgan fingerprint density at radius 1 is 1.32 bits per heavy atom. The zero-order chi connectivity index (χ0) is 15.1. The van der Waals surface area contributed by atoms with Crippen LogP contribution in [0.25, 0.3) is 0 Å². The average molecular weight is 258 g/mol. The van der Waals surface area contributed by atoms with Gasteiger partial charge in [-0.15, -0.1) is 0 Å². The summed E-state index contributed by atoms with van der Waals surface area (Å²) in [4.78, 5) is 11.0.